The molecular weight excluding hydrogens is 443 g/mol. The number of anilines is 1. The summed E-state index contributed by atoms with van der Waals surface area (Å²) in [6.07, 6.45) is 2.38. The molecule has 0 bridgehead atoms. The molecule has 1 atom stereocenters. The van der Waals surface area contributed by atoms with Gasteiger partial charge in [0.2, 0.25) is 5.91 Å². The lowest BCUT2D eigenvalue weighted by atomic mass is 10.1. The number of halogens is 1. The molecule has 0 spiro atoms. The van der Waals surface area contributed by atoms with Gasteiger partial charge in [-0.3, -0.25) is 9.59 Å². The van der Waals surface area contributed by atoms with Gasteiger partial charge in [0.1, 0.15) is 5.82 Å². The van der Waals surface area contributed by atoms with Gasteiger partial charge in [0.25, 0.3) is 5.91 Å². The first-order valence-electron chi connectivity index (χ1n) is 10.7. The van der Waals surface area contributed by atoms with Gasteiger partial charge in [-0.2, -0.15) is 0 Å². The van der Waals surface area contributed by atoms with Gasteiger partial charge < -0.3 is 15.0 Å². The highest BCUT2D eigenvalue weighted by atomic mass is 32.1. The number of piperidine rings is 1. The molecule has 6 nitrogen and oxygen atoms in total. The zero-order chi connectivity index (χ0) is 23.2. The maximum atomic E-state index is 13.3. The summed E-state index contributed by atoms with van der Waals surface area (Å²) in [5.41, 5.74) is 1.76. The van der Waals surface area contributed by atoms with Gasteiger partial charge in [-0.25, -0.2) is 9.18 Å². The lowest BCUT2D eigenvalue weighted by Gasteiger charge is -2.26. The average molecular weight is 467 g/mol. The number of esters is 1. The summed E-state index contributed by atoms with van der Waals surface area (Å²) < 4.78 is 18.5. The Morgan fingerprint density at radius 2 is 1.82 bits per heavy atom. The first-order chi connectivity index (χ1) is 16.0. The summed E-state index contributed by atoms with van der Waals surface area (Å²) >= 11 is 1.46. The second-order valence-corrected chi connectivity index (χ2v) is 8.67. The molecule has 1 aliphatic rings. The Kier molecular flexibility index (Phi) is 7.14. The quantitative estimate of drug-likeness (QED) is 0.522. The summed E-state index contributed by atoms with van der Waals surface area (Å²) in [4.78, 5) is 39.6. The number of hydrogen-bond acceptors (Lipinski definition) is 5. The van der Waals surface area contributed by atoms with Crippen molar-refractivity contribution in [1.82, 2.24) is 5.32 Å². The van der Waals surface area contributed by atoms with Gasteiger partial charge in [-0.15, -0.1) is 11.3 Å². The molecular formula is C25H23FN2O4S. The van der Waals surface area contributed by atoms with Crippen molar-refractivity contribution >= 4 is 34.8 Å². The number of carbonyl (C=O) groups excluding carboxylic acids is 3. The Morgan fingerprint density at radius 1 is 1.06 bits per heavy atom. The van der Waals surface area contributed by atoms with Gasteiger partial charge >= 0.3 is 5.97 Å². The fourth-order valence-electron chi connectivity index (χ4n) is 3.70. The van der Waals surface area contributed by atoms with Crippen LogP contribution < -0.4 is 10.2 Å². The molecule has 1 aromatic heterocycles. The van der Waals surface area contributed by atoms with Crippen LogP contribution >= 0.6 is 11.3 Å². The highest BCUT2D eigenvalue weighted by Gasteiger charge is 2.21. The molecule has 0 aliphatic carbocycles. The normalized spacial score (nSPS) is 14.6. The van der Waals surface area contributed by atoms with E-state index in [0.29, 0.717) is 18.5 Å². The number of rotatable bonds is 7. The van der Waals surface area contributed by atoms with Crippen LogP contribution in [-0.4, -0.2) is 30.9 Å². The Hall–Kier alpha value is -3.52. The molecule has 170 valence electrons. The molecule has 1 saturated heterocycles. The van der Waals surface area contributed by atoms with E-state index >= 15 is 0 Å². The first-order valence-corrected chi connectivity index (χ1v) is 11.5. The predicted octanol–water partition coefficient (Wildman–Crippen LogP) is 4.47. The lowest BCUT2D eigenvalue weighted by molar-refractivity contribution is -0.124. The molecule has 2 amide bonds. The van der Waals surface area contributed by atoms with Crippen LogP contribution in [0.1, 0.15) is 46.1 Å². The zero-order valence-electron chi connectivity index (χ0n) is 17.8. The van der Waals surface area contributed by atoms with Gasteiger partial charge in [-0.1, -0.05) is 18.2 Å². The number of ether oxygens (including phenoxy) is 1. The van der Waals surface area contributed by atoms with Crippen LogP contribution in [0, 0.1) is 5.82 Å². The fraction of sp³-hybridized carbons (Fsp3) is 0.240. The molecule has 0 radical (unpaired) electrons. The minimum absolute atomic E-state index is 0.0784. The van der Waals surface area contributed by atoms with Gasteiger partial charge in [-0.05, 0) is 66.2 Å². The van der Waals surface area contributed by atoms with Crippen LogP contribution in [0.3, 0.4) is 0 Å². The maximum Gasteiger partial charge on any atom is 0.338 e. The summed E-state index contributed by atoms with van der Waals surface area (Å²) in [6, 6.07) is 15.8. The van der Waals surface area contributed by atoms with Crippen molar-refractivity contribution in [3.05, 3.63) is 87.9 Å². The minimum Gasteiger partial charge on any atom is -0.452 e. The number of benzene rings is 2. The van der Waals surface area contributed by atoms with Crippen molar-refractivity contribution in [2.24, 2.45) is 0 Å². The second kappa shape index (κ2) is 10.4. The van der Waals surface area contributed by atoms with Crippen LogP contribution in [-0.2, 0) is 14.3 Å². The summed E-state index contributed by atoms with van der Waals surface area (Å²) in [6.45, 7) is 0.219. The van der Waals surface area contributed by atoms with E-state index < -0.39 is 24.5 Å². The van der Waals surface area contributed by atoms with Crippen LogP contribution in [0.4, 0.5) is 10.1 Å². The van der Waals surface area contributed by atoms with Gasteiger partial charge in [0.05, 0.1) is 11.6 Å². The molecule has 3 aromatic rings. The smallest absolute Gasteiger partial charge is 0.338 e. The highest BCUT2D eigenvalue weighted by molar-refractivity contribution is 7.10. The predicted molar refractivity (Wildman–Crippen MR) is 124 cm³/mol. The monoisotopic (exact) mass is 466 g/mol. The van der Waals surface area contributed by atoms with Crippen molar-refractivity contribution in [1.29, 1.82) is 0 Å². The molecule has 4 rings (SSSR count). The van der Waals surface area contributed by atoms with Crippen LogP contribution in [0.15, 0.2) is 66.0 Å². The van der Waals surface area contributed by atoms with Crippen LogP contribution in [0.5, 0.6) is 0 Å². The number of thiophene rings is 1. The van der Waals surface area contributed by atoms with E-state index in [4.69, 9.17) is 4.74 Å². The number of amides is 2. The molecule has 2 aromatic carbocycles. The summed E-state index contributed by atoms with van der Waals surface area (Å²) in [5, 5.41) is 4.73. The molecule has 1 fully saturated rings. The molecule has 2 heterocycles. The van der Waals surface area contributed by atoms with E-state index in [1.807, 2.05) is 17.5 Å². The third-order valence-corrected chi connectivity index (χ3v) is 6.35. The van der Waals surface area contributed by atoms with E-state index in [2.05, 4.69) is 5.32 Å². The van der Waals surface area contributed by atoms with E-state index in [-0.39, 0.29) is 11.7 Å². The molecule has 8 heteroatoms. The molecule has 1 N–H and O–H groups in total. The summed E-state index contributed by atoms with van der Waals surface area (Å²) in [7, 11) is 0. The van der Waals surface area contributed by atoms with E-state index in [1.165, 1.54) is 23.5 Å². The van der Waals surface area contributed by atoms with Gasteiger partial charge in [0, 0.05) is 23.5 Å². The topological polar surface area (TPSA) is 75.7 Å². The van der Waals surface area contributed by atoms with Crippen LogP contribution in [0.25, 0.3) is 0 Å². The fourth-order valence-corrected chi connectivity index (χ4v) is 4.51. The number of nitrogens with zero attached hydrogens (tertiary/aromatic N) is 1. The van der Waals surface area contributed by atoms with Crippen molar-refractivity contribution in [3.63, 3.8) is 0 Å². The maximum absolute atomic E-state index is 13.3. The van der Waals surface area contributed by atoms with Crippen molar-refractivity contribution in [2.45, 2.75) is 25.3 Å². The Balaban J connectivity index is 1.36. The zero-order valence-corrected chi connectivity index (χ0v) is 18.6. The average Bonchev–Trinajstić information content (AvgIpc) is 3.37. The molecule has 0 saturated carbocycles. The minimum atomic E-state index is -0.629. The molecule has 1 unspecified atom stereocenters. The largest absolute Gasteiger partial charge is 0.452 e. The Morgan fingerprint density at radius 3 is 2.48 bits per heavy atom. The van der Waals surface area contributed by atoms with Gasteiger partial charge in [0.15, 0.2) is 6.61 Å². The van der Waals surface area contributed by atoms with E-state index in [0.717, 1.165) is 29.0 Å². The lowest BCUT2D eigenvalue weighted by Crippen LogP contribution is -2.35. The third-order valence-electron chi connectivity index (χ3n) is 5.41. The third kappa shape index (κ3) is 5.64. The standard InChI is InChI=1S/C25H23FN2O4S/c26-19-10-6-17(7-11-19)24(21-4-3-15-33-21)27-22(29)16-32-25(31)18-8-12-20(13-9-18)28-14-2-1-5-23(28)30/h3-4,6-13,15,24H,1-2,5,14,16H2,(H,27,29). The highest BCUT2D eigenvalue weighted by Crippen LogP contribution is 2.26. The Labute approximate surface area is 195 Å². The molecule has 1 aliphatic heterocycles. The second-order valence-electron chi connectivity index (χ2n) is 7.69. The van der Waals surface area contributed by atoms with Crippen molar-refractivity contribution in [3.8, 4) is 0 Å². The number of hydrogen-bond donors (Lipinski definition) is 1. The van der Waals surface area contributed by atoms with Crippen molar-refractivity contribution in [2.75, 3.05) is 18.1 Å². The van der Waals surface area contributed by atoms with Crippen LogP contribution in [0.2, 0.25) is 0 Å². The molecule has 33 heavy (non-hydrogen) atoms. The van der Waals surface area contributed by atoms with Crippen molar-refractivity contribution < 1.29 is 23.5 Å². The number of carbonyl (C=O) groups is 3. The van der Waals surface area contributed by atoms with E-state index in [1.54, 1.807) is 41.3 Å². The first kappa shape index (κ1) is 22.7. The summed E-state index contributed by atoms with van der Waals surface area (Å²) in [5.74, 6) is -1.38. The number of nitrogens with one attached hydrogen (secondary N) is 1. The SMILES string of the molecule is O=C(COC(=O)c1ccc(N2CCCCC2=O)cc1)NC(c1ccc(F)cc1)c1cccs1. The van der Waals surface area contributed by atoms with E-state index in [9.17, 15) is 18.8 Å². The Bertz CT molecular complexity index is 1110.